The summed E-state index contributed by atoms with van der Waals surface area (Å²) in [5.74, 6) is 0. The summed E-state index contributed by atoms with van der Waals surface area (Å²) in [5.41, 5.74) is 4.17. The topological polar surface area (TPSA) is 152 Å². The van der Waals surface area contributed by atoms with Crippen molar-refractivity contribution >= 4 is 26.6 Å². The smallest absolute Gasteiger partial charge is 0.284 e. The van der Waals surface area contributed by atoms with Crippen molar-refractivity contribution < 1.29 is 30.7 Å². The quantitative estimate of drug-likeness (QED) is 0.377. The van der Waals surface area contributed by atoms with Crippen LogP contribution in [0.25, 0.3) is 0 Å². The minimum atomic E-state index is -4.70. The summed E-state index contributed by atoms with van der Waals surface area (Å²) >= 11 is 0. The molecule has 8 nitrogen and oxygen atoms in total. The Bertz CT molecular complexity index is 308. The average Bonchev–Trinajstić information content (AvgIpc) is 1.84. The van der Waals surface area contributed by atoms with Crippen LogP contribution in [0.1, 0.15) is 6.92 Å². The van der Waals surface area contributed by atoms with E-state index >= 15 is 0 Å². The Balaban J connectivity index is 0. The predicted molar refractivity (Wildman–Crippen MR) is 42.8 cm³/mol. The molecule has 0 fully saturated rings. The number of carbonyl (C=O) groups is 1. The van der Waals surface area contributed by atoms with Crippen LogP contribution >= 0.6 is 0 Å². The molecule has 0 aromatic rings. The Kier molecular flexibility index (Phi) is 5.82. The summed E-state index contributed by atoms with van der Waals surface area (Å²) in [6.07, 6.45) is 0.250. The minimum absolute atomic E-state index is 0.250. The molecule has 0 aliphatic heterocycles. The molecule has 80 valence electrons. The SMILES string of the molecule is CC(S(=O)(=O)O)S(=O)(=O)O.NC=O. The zero-order valence-electron chi connectivity index (χ0n) is 6.48. The van der Waals surface area contributed by atoms with Gasteiger partial charge >= 0.3 is 0 Å². The molecule has 0 aliphatic rings. The Morgan fingerprint density at radius 1 is 1.15 bits per heavy atom. The van der Waals surface area contributed by atoms with Gasteiger partial charge in [-0.15, -0.1) is 0 Å². The molecule has 0 spiro atoms. The van der Waals surface area contributed by atoms with Crippen LogP contribution in [0.5, 0.6) is 0 Å². The van der Waals surface area contributed by atoms with Crippen molar-refractivity contribution in [1.82, 2.24) is 0 Å². The average molecular weight is 235 g/mol. The lowest BCUT2D eigenvalue weighted by atomic mass is 11.0. The lowest BCUT2D eigenvalue weighted by Gasteiger charge is -2.01. The molecule has 0 aromatic carbocycles. The summed E-state index contributed by atoms with van der Waals surface area (Å²) in [6, 6.07) is 0. The number of amides is 1. The minimum Gasteiger partial charge on any atom is -0.372 e. The van der Waals surface area contributed by atoms with Gasteiger partial charge in [0.1, 0.15) is 0 Å². The number of carbonyl (C=O) groups excluding carboxylic acids is 1. The van der Waals surface area contributed by atoms with Crippen molar-refractivity contribution in [3.63, 3.8) is 0 Å². The number of hydrogen-bond acceptors (Lipinski definition) is 5. The van der Waals surface area contributed by atoms with E-state index in [1.165, 1.54) is 0 Å². The van der Waals surface area contributed by atoms with E-state index in [9.17, 15) is 16.8 Å². The molecule has 13 heavy (non-hydrogen) atoms. The van der Waals surface area contributed by atoms with Crippen LogP contribution in [0.15, 0.2) is 0 Å². The van der Waals surface area contributed by atoms with Crippen LogP contribution in [-0.4, -0.2) is 36.9 Å². The molecular weight excluding hydrogens is 226 g/mol. The zero-order chi connectivity index (χ0) is 11.3. The standard InChI is InChI=1S/C2H6O6S2.CH3NO/c1-2(9(3,4)5)10(6,7)8;2-1-3/h2H,1H3,(H,3,4,5)(H,6,7,8);1H,(H2,2,3). The van der Waals surface area contributed by atoms with Crippen molar-refractivity contribution in [1.29, 1.82) is 0 Å². The van der Waals surface area contributed by atoms with Crippen LogP contribution < -0.4 is 5.73 Å². The summed E-state index contributed by atoms with van der Waals surface area (Å²) in [6.45, 7) is 0.657. The van der Waals surface area contributed by atoms with Crippen molar-refractivity contribution in [3.05, 3.63) is 0 Å². The van der Waals surface area contributed by atoms with Gasteiger partial charge in [-0.2, -0.15) is 16.8 Å². The highest BCUT2D eigenvalue weighted by molar-refractivity contribution is 8.03. The molecule has 10 heteroatoms. The van der Waals surface area contributed by atoms with E-state index in [1.54, 1.807) is 0 Å². The summed E-state index contributed by atoms with van der Waals surface area (Å²) in [7, 11) is -9.40. The maximum Gasteiger partial charge on any atom is 0.284 e. The molecule has 0 heterocycles. The Hall–Kier alpha value is -0.710. The van der Waals surface area contributed by atoms with E-state index in [-0.39, 0.29) is 6.41 Å². The second kappa shape index (κ2) is 5.11. The van der Waals surface area contributed by atoms with Gasteiger partial charge in [-0.3, -0.25) is 13.9 Å². The summed E-state index contributed by atoms with van der Waals surface area (Å²) < 4.78 is 53.9. The van der Waals surface area contributed by atoms with Gasteiger partial charge in [0.15, 0.2) is 0 Å². The second-order valence-electron chi connectivity index (χ2n) is 1.73. The first-order valence-corrected chi connectivity index (χ1v) is 5.66. The number of nitrogens with two attached hydrogens (primary N) is 1. The van der Waals surface area contributed by atoms with Crippen molar-refractivity contribution in [2.24, 2.45) is 5.73 Å². The Labute approximate surface area is 75.2 Å². The molecule has 0 aromatic heterocycles. The maximum atomic E-state index is 9.99. The molecule has 1 amide bonds. The third kappa shape index (κ3) is 7.64. The molecule has 0 saturated carbocycles. The Morgan fingerprint density at radius 3 is 1.31 bits per heavy atom. The van der Waals surface area contributed by atoms with E-state index in [2.05, 4.69) is 5.73 Å². The van der Waals surface area contributed by atoms with Crippen LogP contribution in [0.3, 0.4) is 0 Å². The van der Waals surface area contributed by atoms with Crippen LogP contribution in [0, 0.1) is 0 Å². The van der Waals surface area contributed by atoms with E-state index in [1.807, 2.05) is 0 Å². The molecule has 4 N–H and O–H groups in total. The van der Waals surface area contributed by atoms with Gasteiger partial charge in [0, 0.05) is 0 Å². The molecule has 0 rings (SSSR count). The fourth-order valence-corrected chi connectivity index (χ4v) is 1.38. The highest BCUT2D eigenvalue weighted by atomic mass is 32.3. The van der Waals surface area contributed by atoms with Gasteiger partial charge < -0.3 is 5.73 Å². The first-order chi connectivity index (χ1) is 5.57. The van der Waals surface area contributed by atoms with E-state index in [0.717, 1.165) is 0 Å². The molecule has 0 bridgehead atoms. The van der Waals surface area contributed by atoms with Gasteiger partial charge in [-0.05, 0) is 6.92 Å². The predicted octanol–water partition coefficient (Wildman–Crippen LogP) is -1.79. The molecule has 0 unspecified atom stereocenters. The fraction of sp³-hybridized carbons (Fsp3) is 0.667. The maximum absolute atomic E-state index is 9.99. The summed E-state index contributed by atoms with van der Waals surface area (Å²) in [5, 5.41) is 0. The lowest BCUT2D eigenvalue weighted by molar-refractivity contribution is -0.106. The normalized spacial score (nSPS) is 11.7. The largest absolute Gasteiger partial charge is 0.372 e. The monoisotopic (exact) mass is 235 g/mol. The zero-order valence-corrected chi connectivity index (χ0v) is 8.12. The third-order valence-electron chi connectivity index (χ3n) is 0.839. The van der Waals surface area contributed by atoms with E-state index < -0.39 is 24.8 Å². The highest BCUT2D eigenvalue weighted by Crippen LogP contribution is 2.03. The van der Waals surface area contributed by atoms with Gasteiger partial charge in [0.25, 0.3) is 20.2 Å². The first-order valence-electron chi connectivity index (χ1n) is 2.65. The van der Waals surface area contributed by atoms with Crippen molar-refractivity contribution in [2.75, 3.05) is 0 Å². The number of rotatable bonds is 2. The molecule has 0 radical (unpaired) electrons. The van der Waals surface area contributed by atoms with Crippen LogP contribution in [-0.2, 0) is 25.0 Å². The lowest BCUT2D eigenvalue weighted by Crippen LogP contribution is -2.25. The van der Waals surface area contributed by atoms with Gasteiger partial charge in [-0.1, -0.05) is 0 Å². The molecule has 0 atom stereocenters. The van der Waals surface area contributed by atoms with Crippen LogP contribution in [0.2, 0.25) is 0 Å². The molecule has 0 aliphatic carbocycles. The van der Waals surface area contributed by atoms with Crippen molar-refractivity contribution in [3.8, 4) is 0 Å². The molecular formula is C3H9NO7S2. The Morgan fingerprint density at radius 2 is 1.31 bits per heavy atom. The van der Waals surface area contributed by atoms with Gasteiger partial charge in [0.05, 0.1) is 0 Å². The highest BCUT2D eigenvalue weighted by Gasteiger charge is 2.29. The number of hydrogen-bond donors (Lipinski definition) is 3. The van der Waals surface area contributed by atoms with E-state index in [0.29, 0.717) is 6.92 Å². The fourth-order valence-electron chi connectivity index (χ4n) is 0.154. The van der Waals surface area contributed by atoms with Gasteiger partial charge in [0.2, 0.25) is 11.0 Å². The number of primary amides is 1. The summed E-state index contributed by atoms with van der Waals surface area (Å²) in [4.78, 5) is 8.58. The third-order valence-corrected chi connectivity index (χ3v) is 3.98. The van der Waals surface area contributed by atoms with Crippen LogP contribution in [0.4, 0.5) is 0 Å². The van der Waals surface area contributed by atoms with Gasteiger partial charge in [-0.25, -0.2) is 0 Å². The van der Waals surface area contributed by atoms with Crippen molar-refractivity contribution in [2.45, 2.75) is 11.5 Å². The molecule has 0 saturated heterocycles. The first kappa shape index (κ1) is 14.8. The van der Waals surface area contributed by atoms with E-state index in [4.69, 9.17) is 13.9 Å². The second-order valence-corrected chi connectivity index (χ2v) is 5.51.